The zero-order valence-corrected chi connectivity index (χ0v) is 16.5. The predicted octanol–water partition coefficient (Wildman–Crippen LogP) is 2.78. The van der Waals surface area contributed by atoms with Gasteiger partial charge >= 0.3 is 5.97 Å². The molecule has 0 saturated carbocycles. The van der Waals surface area contributed by atoms with E-state index in [0.717, 1.165) is 5.56 Å². The number of carbonyl (C=O) groups is 1. The fourth-order valence-corrected chi connectivity index (χ4v) is 2.74. The lowest BCUT2D eigenvalue weighted by atomic mass is 10.1. The third-order valence-electron chi connectivity index (χ3n) is 3.93. The highest BCUT2D eigenvalue weighted by Crippen LogP contribution is 2.25. The highest BCUT2D eigenvalue weighted by molar-refractivity contribution is 6.32. The normalized spacial score (nSPS) is 11.7. The van der Waals surface area contributed by atoms with Crippen molar-refractivity contribution in [2.45, 2.75) is 19.5 Å². The van der Waals surface area contributed by atoms with Crippen LogP contribution in [0.3, 0.4) is 0 Å². The van der Waals surface area contributed by atoms with Gasteiger partial charge in [-0.1, -0.05) is 41.9 Å². The molecule has 3 rings (SSSR count). The number of rotatable bonds is 9. The maximum absolute atomic E-state index is 11.5. The van der Waals surface area contributed by atoms with Gasteiger partial charge in [0.05, 0.1) is 37.3 Å². The van der Waals surface area contributed by atoms with E-state index in [-0.39, 0.29) is 31.1 Å². The van der Waals surface area contributed by atoms with Gasteiger partial charge in [-0.3, -0.25) is 9.48 Å². The number of hydrogen-bond acceptors (Lipinski definition) is 8. The summed E-state index contributed by atoms with van der Waals surface area (Å²) in [5, 5.41) is 20.3. The maximum atomic E-state index is 11.5. The fourth-order valence-electron chi connectivity index (χ4n) is 2.60. The minimum Gasteiger partial charge on any atom is -0.465 e. The molecule has 29 heavy (non-hydrogen) atoms. The average Bonchev–Trinajstić information content (AvgIpc) is 3.15. The summed E-state index contributed by atoms with van der Waals surface area (Å²) in [6, 6.07) is 9.12. The number of benzene rings is 1. The predicted molar refractivity (Wildman–Crippen MR) is 109 cm³/mol. The lowest BCUT2D eigenvalue weighted by Crippen LogP contribution is -2.16. The van der Waals surface area contributed by atoms with Crippen LogP contribution in [-0.2, 0) is 16.1 Å². The van der Waals surface area contributed by atoms with Crippen LogP contribution in [0.2, 0.25) is 5.02 Å². The number of nitrogens with one attached hydrogen (secondary N) is 2. The molecule has 0 saturated heterocycles. The van der Waals surface area contributed by atoms with Gasteiger partial charge < -0.3 is 20.5 Å². The number of ether oxygens (including phenoxy) is 1. The van der Waals surface area contributed by atoms with Crippen molar-refractivity contribution in [3.05, 3.63) is 59.5 Å². The van der Waals surface area contributed by atoms with Crippen molar-refractivity contribution in [2.75, 3.05) is 23.8 Å². The van der Waals surface area contributed by atoms with Crippen LogP contribution in [0.15, 0.2) is 48.9 Å². The number of aromatic nitrogens is 4. The Morgan fingerprint density at radius 2 is 2.10 bits per heavy atom. The van der Waals surface area contributed by atoms with E-state index in [1.165, 1.54) is 10.9 Å². The van der Waals surface area contributed by atoms with E-state index >= 15 is 0 Å². The summed E-state index contributed by atoms with van der Waals surface area (Å²) in [5.41, 5.74) is 1.50. The Hall–Kier alpha value is -3.17. The van der Waals surface area contributed by atoms with Crippen molar-refractivity contribution < 1.29 is 14.6 Å². The van der Waals surface area contributed by atoms with Crippen molar-refractivity contribution in [1.82, 2.24) is 19.7 Å². The Kier molecular flexibility index (Phi) is 6.99. The van der Waals surface area contributed by atoms with Crippen LogP contribution in [0.25, 0.3) is 0 Å². The van der Waals surface area contributed by atoms with Gasteiger partial charge in [-0.25, -0.2) is 4.98 Å². The molecule has 152 valence electrons. The van der Waals surface area contributed by atoms with Gasteiger partial charge in [0.25, 0.3) is 0 Å². The second kappa shape index (κ2) is 9.85. The number of anilines is 3. The van der Waals surface area contributed by atoms with Gasteiger partial charge in [-0.05, 0) is 12.5 Å². The molecular formula is C19H21ClN6O3. The monoisotopic (exact) mass is 416 g/mol. The van der Waals surface area contributed by atoms with E-state index in [2.05, 4.69) is 25.7 Å². The number of halogens is 1. The van der Waals surface area contributed by atoms with Crippen LogP contribution in [0.5, 0.6) is 0 Å². The summed E-state index contributed by atoms with van der Waals surface area (Å²) in [4.78, 5) is 20.1. The van der Waals surface area contributed by atoms with Crippen molar-refractivity contribution in [3.63, 3.8) is 0 Å². The molecule has 0 fully saturated rings. The fraction of sp³-hybridized carbons (Fsp3) is 0.263. The number of carbonyl (C=O) groups excluding carboxylic acids is 1. The molecule has 9 nitrogen and oxygen atoms in total. The van der Waals surface area contributed by atoms with Crippen molar-refractivity contribution in [3.8, 4) is 0 Å². The molecule has 2 heterocycles. The second-order valence-electron chi connectivity index (χ2n) is 6.04. The van der Waals surface area contributed by atoms with E-state index in [0.29, 0.717) is 23.1 Å². The zero-order valence-electron chi connectivity index (χ0n) is 15.7. The van der Waals surface area contributed by atoms with Crippen LogP contribution in [0.4, 0.5) is 17.5 Å². The summed E-state index contributed by atoms with van der Waals surface area (Å²) >= 11 is 6.21. The lowest BCUT2D eigenvalue weighted by molar-refractivity contribution is -0.144. The standard InChI is InChI=1S/C19H21ClN6O3/c1-2-29-17(28)11-26-10-14(8-22-26)23-19-21-9-15(20)18(25-19)24-16(12-27)13-6-4-3-5-7-13/h3-10,16,27H,2,11-12H2,1H3,(H2,21,23,24,25). The van der Waals surface area contributed by atoms with Crippen molar-refractivity contribution in [1.29, 1.82) is 0 Å². The first-order valence-electron chi connectivity index (χ1n) is 8.99. The Morgan fingerprint density at radius 3 is 2.83 bits per heavy atom. The summed E-state index contributed by atoms with van der Waals surface area (Å²) in [5.74, 6) is 0.302. The number of hydrogen-bond donors (Lipinski definition) is 3. The summed E-state index contributed by atoms with van der Waals surface area (Å²) < 4.78 is 6.35. The molecule has 2 aromatic heterocycles. The Balaban J connectivity index is 1.70. The number of esters is 1. The smallest absolute Gasteiger partial charge is 0.327 e. The quantitative estimate of drug-likeness (QED) is 0.456. The molecule has 3 aromatic rings. The molecule has 1 aromatic carbocycles. The lowest BCUT2D eigenvalue weighted by Gasteiger charge is -2.18. The molecule has 0 aliphatic rings. The summed E-state index contributed by atoms with van der Waals surface area (Å²) in [6.07, 6.45) is 4.65. The maximum Gasteiger partial charge on any atom is 0.327 e. The third kappa shape index (κ3) is 5.66. The molecule has 10 heteroatoms. The Bertz CT molecular complexity index is 950. The van der Waals surface area contributed by atoms with E-state index in [4.69, 9.17) is 16.3 Å². The Morgan fingerprint density at radius 1 is 1.31 bits per heavy atom. The summed E-state index contributed by atoms with van der Waals surface area (Å²) in [7, 11) is 0. The first-order valence-corrected chi connectivity index (χ1v) is 9.36. The van der Waals surface area contributed by atoms with Crippen LogP contribution in [0, 0.1) is 0 Å². The highest BCUT2D eigenvalue weighted by Gasteiger charge is 2.14. The zero-order chi connectivity index (χ0) is 20.6. The molecule has 0 aliphatic heterocycles. The van der Waals surface area contributed by atoms with Gasteiger partial charge in [-0.15, -0.1) is 0 Å². The van der Waals surface area contributed by atoms with Crippen LogP contribution < -0.4 is 10.6 Å². The highest BCUT2D eigenvalue weighted by atomic mass is 35.5. The molecule has 1 atom stereocenters. The average molecular weight is 417 g/mol. The Labute approximate surface area is 172 Å². The summed E-state index contributed by atoms with van der Waals surface area (Å²) in [6.45, 7) is 1.95. The molecule has 0 spiro atoms. The van der Waals surface area contributed by atoms with Gasteiger partial charge in [-0.2, -0.15) is 10.1 Å². The molecule has 0 radical (unpaired) electrons. The van der Waals surface area contributed by atoms with Gasteiger partial charge in [0.2, 0.25) is 5.95 Å². The van der Waals surface area contributed by atoms with Crippen LogP contribution in [-0.4, -0.2) is 44.0 Å². The number of aliphatic hydroxyl groups is 1. The molecule has 3 N–H and O–H groups in total. The van der Waals surface area contributed by atoms with Crippen molar-refractivity contribution >= 4 is 35.0 Å². The first kappa shape index (κ1) is 20.6. The van der Waals surface area contributed by atoms with Gasteiger partial charge in [0.1, 0.15) is 11.6 Å². The number of aliphatic hydroxyl groups excluding tert-OH is 1. The van der Waals surface area contributed by atoms with Gasteiger partial charge in [0, 0.05) is 6.20 Å². The third-order valence-corrected chi connectivity index (χ3v) is 4.20. The second-order valence-corrected chi connectivity index (χ2v) is 6.44. The molecular weight excluding hydrogens is 396 g/mol. The van der Waals surface area contributed by atoms with E-state index in [1.54, 1.807) is 19.3 Å². The molecule has 1 unspecified atom stereocenters. The largest absolute Gasteiger partial charge is 0.465 e. The first-order chi connectivity index (χ1) is 14.1. The minimum atomic E-state index is -0.372. The molecule has 0 bridgehead atoms. The van der Waals surface area contributed by atoms with Crippen molar-refractivity contribution in [2.24, 2.45) is 0 Å². The SMILES string of the molecule is CCOC(=O)Cn1cc(Nc2ncc(Cl)c(NC(CO)c3ccccc3)n2)cn1. The van der Waals surface area contributed by atoms with Crippen LogP contribution >= 0.6 is 11.6 Å². The van der Waals surface area contributed by atoms with E-state index < -0.39 is 0 Å². The van der Waals surface area contributed by atoms with E-state index in [1.807, 2.05) is 30.3 Å². The van der Waals surface area contributed by atoms with Gasteiger partial charge in [0.15, 0.2) is 5.82 Å². The number of nitrogens with zero attached hydrogens (tertiary/aromatic N) is 4. The minimum absolute atomic E-state index is 0.0130. The molecule has 0 aliphatic carbocycles. The van der Waals surface area contributed by atoms with E-state index in [9.17, 15) is 9.90 Å². The topological polar surface area (TPSA) is 114 Å². The van der Waals surface area contributed by atoms with Crippen LogP contribution in [0.1, 0.15) is 18.5 Å². The molecule has 0 amide bonds.